The summed E-state index contributed by atoms with van der Waals surface area (Å²) in [5.41, 5.74) is 2.61. The van der Waals surface area contributed by atoms with Crippen LogP contribution in [0.2, 0.25) is 0 Å². The zero-order valence-corrected chi connectivity index (χ0v) is 16.6. The van der Waals surface area contributed by atoms with Gasteiger partial charge in [0.2, 0.25) is 5.91 Å². The summed E-state index contributed by atoms with van der Waals surface area (Å²) in [6.45, 7) is 2.42. The van der Waals surface area contributed by atoms with Crippen molar-refractivity contribution < 1.29 is 14.4 Å². The first-order valence-corrected chi connectivity index (χ1v) is 9.84. The average molecular weight is 402 g/mol. The topological polar surface area (TPSA) is 83.4 Å². The molecule has 1 aliphatic heterocycles. The van der Waals surface area contributed by atoms with Gasteiger partial charge in [0.05, 0.1) is 0 Å². The van der Waals surface area contributed by atoms with Crippen molar-refractivity contribution in [1.29, 1.82) is 0 Å². The van der Waals surface area contributed by atoms with Gasteiger partial charge in [-0.25, -0.2) is 4.79 Å². The Morgan fingerprint density at radius 2 is 1.80 bits per heavy atom. The van der Waals surface area contributed by atoms with Crippen molar-refractivity contribution in [2.45, 2.75) is 19.9 Å². The summed E-state index contributed by atoms with van der Waals surface area (Å²) in [6.07, 6.45) is 4.19. The number of imide groups is 1. The number of benzene rings is 2. The number of aromatic nitrogens is 1. The molecule has 0 unspecified atom stereocenters. The van der Waals surface area contributed by atoms with Gasteiger partial charge in [-0.3, -0.25) is 14.5 Å². The summed E-state index contributed by atoms with van der Waals surface area (Å²) in [6, 6.07) is 16.5. The van der Waals surface area contributed by atoms with Crippen molar-refractivity contribution >= 4 is 40.5 Å². The van der Waals surface area contributed by atoms with Gasteiger partial charge in [0, 0.05) is 34.9 Å². The number of urea groups is 1. The average Bonchev–Trinajstić information content (AvgIpc) is 3.21. The fraction of sp³-hybridized carbons (Fsp3) is 0.174. The van der Waals surface area contributed by atoms with Crippen LogP contribution in [0.4, 0.5) is 10.5 Å². The van der Waals surface area contributed by atoms with E-state index in [-0.39, 0.29) is 24.1 Å². The number of amides is 4. The summed E-state index contributed by atoms with van der Waals surface area (Å²) in [4.78, 5) is 38.3. The number of hydrogen-bond acceptors (Lipinski definition) is 3. The van der Waals surface area contributed by atoms with Crippen molar-refractivity contribution in [3.05, 3.63) is 72.1 Å². The third-order valence-corrected chi connectivity index (χ3v) is 4.90. The van der Waals surface area contributed by atoms with E-state index in [0.29, 0.717) is 13.0 Å². The third kappa shape index (κ3) is 3.82. The lowest BCUT2D eigenvalue weighted by atomic mass is 10.1. The molecule has 30 heavy (non-hydrogen) atoms. The molecular weight excluding hydrogens is 380 g/mol. The van der Waals surface area contributed by atoms with Crippen LogP contribution in [-0.4, -0.2) is 33.9 Å². The maximum atomic E-state index is 12.5. The molecule has 1 fully saturated rings. The second-order valence-electron chi connectivity index (χ2n) is 7.09. The van der Waals surface area contributed by atoms with Crippen LogP contribution in [0.25, 0.3) is 17.0 Å². The predicted molar refractivity (Wildman–Crippen MR) is 116 cm³/mol. The quantitative estimate of drug-likeness (QED) is 0.488. The van der Waals surface area contributed by atoms with Crippen LogP contribution in [0.1, 0.15) is 18.9 Å². The van der Waals surface area contributed by atoms with E-state index in [0.717, 1.165) is 22.2 Å². The Hall–Kier alpha value is -3.87. The highest BCUT2D eigenvalue weighted by atomic mass is 16.2. The van der Waals surface area contributed by atoms with Crippen LogP contribution in [0.3, 0.4) is 0 Å². The van der Waals surface area contributed by atoms with Crippen LogP contribution in [0.5, 0.6) is 0 Å². The Morgan fingerprint density at radius 1 is 1.07 bits per heavy atom. The fourth-order valence-electron chi connectivity index (χ4n) is 3.55. The molecule has 0 radical (unpaired) electrons. The summed E-state index contributed by atoms with van der Waals surface area (Å²) < 4.78 is 1.84. The second-order valence-corrected chi connectivity index (χ2v) is 7.09. The van der Waals surface area contributed by atoms with Gasteiger partial charge in [0.1, 0.15) is 12.2 Å². The molecule has 0 aliphatic carbocycles. The van der Waals surface area contributed by atoms with Crippen molar-refractivity contribution in [2.75, 3.05) is 11.9 Å². The fourth-order valence-corrected chi connectivity index (χ4v) is 3.55. The largest absolute Gasteiger partial charge is 0.337 e. The molecule has 1 aromatic heterocycles. The molecule has 0 spiro atoms. The van der Waals surface area contributed by atoms with Gasteiger partial charge >= 0.3 is 6.03 Å². The lowest BCUT2D eigenvalue weighted by Gasteiger charge is -2.08. The molecule has 1 saturated heterocycles. The molecule has 2 aromatic carbocycles. The maximum Gasteiger partial charge on any atom is 0.329 e. The van der Waals surface area contributed by atoms with Crippen LogP contribution >= 0.6 is 0 Å². The standard InChI is InChI=1S/C23H22N4O3/c1-2-12-27-22(29)19(25-23(27)30)13-16-14-26(20-11-7-6-10-18(16)20)15-21(28)24-17-8-4-3-5-9-17/h3-11,13-14H,2,12,15H2,1H3,(H,24,28)(H,25,30)/b19-13+. The first-order valence-electron chi connectivity index (χ1n) is 9.84. The van der Waals surface area contributed by atoms with E-state index >= 15 is 0 Å². The second kappa shape index (κ2) is 8.24. The number of carbonyl (C=O) groups is 3. The number of hydrogen-bond donors (Lipinski definition) is 2. The summed E-state index contributed by atoms with van der Waals surface area (Å²) >= 11 is 0. The molecule has 0 bridgehead atoms. The molecular formula is C23H22N4O3. The highest BCUT2D eigenvalue weighted by Crippen LogP contribution is 2.25. The van der Waals surface area contributed by atoms with E-state index in [2.05, 4.69) is 10.6 Å². The normalized spacial score (nSPS) is 15.1. The van der Waals surface area contributed by atoms with Gasteiger partial charge < -0.3 is 15.2 Å². The number of fused-ring (bicyclic) bond motifs is 1. The van der Waals surface area contributed by atoms with Gasteiger partial charge in [0.25, 0.3) is 5.91 Å². The molecule has 3 aromatic rings. The van der Waals surface area contributed by atoms with Gasteiger partial charge in [-0.2, -0.15) is 0 Å². The maximum absolute atomic E-state index is 12.5. The first-order chi connectivity index (χ1) is 14.6. The molecule has 1 aliphatic rings. The first kappa shape index (κ1) is 19.4. The minimum Gasteiger partial charge on any atom is -0.337 e. The van der Waals surface area contributed by atoms with Crippen LogP contribution in [0.15, 0.2) is 66.5 Å². The molecule has 7 heteroatoms. The molecule has 2 N–H and O–H groups in total. The predicted octanol–water partition coefficient (Wildman–Crippen LogP) is 3.58. The highest BCUT2D eigenvalue weighted by molar-refractivity contribution is 6.14. The lowest BCUT2D eigenvalue weighted by Crippen LogP contribution is -2.31. The molecule has 0 saturated carbocycles. The van der Waals surface area contributed by atoms with Crippen LogP contribution in [-0.2, 0) is 16.1 Å². The minimum atomic E-state index is -0.404. The van der Waals surface area contributed by atoms with Gasteiger partial charge in [-0.05, 0) is 30.7 Å². The van der Waals surface area contributed by atoms with Gasteiger partial charge in [-0.15, -0.1) is 0 Å². The van der Waals surface area contributed by atoms with Crippen molar-refractivity contribution in [2.24, 2.45) is 0 Å². The van der Waals surface area contributed by atoms with E-state index < -0.39 is 6.03 Å². The van der Waals surface area contributed by atoms with Crippen LogP contribution < -0.4 is 10.6 Å². The van der Waals surface area contributed by atoms with E-state index in [1.165, 1.54) is 4.90 Å². The molecule has 152 valence electrons. The van der Waals surface area contributed by atoms with Crippen molar-refractivity contribution in [1.82, 2.24) is 14.8 Å². The highest BCUT2D eigenvalue weighted by Gasteiger charge is 2.32. The third-order valence-electron chi connectivity index (χ3n) is 4.90. The zero-order valence-electron chi connectivity index (χ0n) is 16.6. The minimum absolute atomic E-state index is 0.126. The van der Waals surface area contributed by atoms with E-state index in [1.807, 2.05) is 72.3 Å². The molecule has 2 heterocycles. The Balaban J connectivity index is 1.62. The monoisotopic (exact) mass is 402 g/mol. The summed E-state index contributed by atoms with van der Waals surface area (Å²) in [5.74, 6) is -0.485. The molecule has 0 atom stereocenters. The van der Waals surface area contributed by atoms with Crippen LogP contribution in [0, 0.1) is 0 Å². The molecule has 4 rings (SSSR count). The lowest BCUT2D eigenvalue weighted by molar-refractivity contribution is -0.123. The number of nitrogens with one attached hydrogen (secondary N) is 2. The Kier molecular flexibility index (Phi) is 5.34. The number of nitrogens with zero attached hydrogens (tertiary/aromatic N) is 2. The number of rotatable bonds is 6. The van der Waals surface area contributed by atoms with Gasteiger partial charge in [-0.1, -0.05) is 43.3 Å². The SMILES string of the molecule is CCCN1C(=O)N/C(=C/c2cn(CC(=O)Nc3ccccc3)c3ccccc23)C1=O. The number of anilines is 1. The summed E-state index contributed by atoms with van der Waals surface area (Å²) in [7, 11) is 0. The zero-order chi connectivity index (χ0) is 21.1. The van der Waals surface area contributed by atoms with E-state index in [9.17, 15) is 14.4 Å². The Morgan fingerprint density at radius 3 is 2.57 bits per heavy atom. The number of para-hydroxylation sites is 2. The molecule has 7 nitrogen and oxygen atoms in total. The van der Waals surface area contributed by atoms with Crippen molar-refractivity contribution in [3.8, 4) is 0 Å². The Bertz CT molecular complexity index is 1150. The van der Waals surface area contributed by atoms with E-state index in [1.54, 1.807) is 6.08 Å². The number of carbonyl (C=O) groups excluding carboxylic acids is 3. The Labute approximate surface area is 174 Å². The smallest absolute Gasteiger partial charge is 0.329 e. The van der Waals surface area contributed by atoms with Gasteiger partial charge in [0.15, 0.2) is 0 Å². The molecule has 4 amide bonds. The van der Waals surface area contributed by atoms with E-state index in [4.69, 9.17) is 0 Å². The van der Waals surface area contributed by atoms with Crippen molar-refractivity contribution in [3.63, 3.8) is 0 Å². The summed E-state index contributed by atoms with van der Waals surface area (Å²) in [5, 5.41) is 6.42.